The number of ether oxygens (including phenoxy) is 1. The maximum absolute atomic E-state index is 12.1. The van der Waals surface area contributed by atoms with Crippen molar-refractivity contribution in [1.82, 2.24) is 4.90 Å². The Morgan fingerprint density at radius 3 is 2.43 bits per heavy atom. The van der Waals surface area contributed by atoms with Crippen LogP contribution in [0.15, 0.2) is 30.3 Å². The number of rotatable bonds is 5. The van der Waals surface area contributed by atoms with Gasteiger partial charge in [-0.2, -0.15) is 8.42 Å². The topological polar surface area (TPSA) is 72.9 Å². The minimum Gasteiger partial charge on any atom is -0.445 e. The molecule has 1 aromatic carbocycles. The van der Waals surface area contributed by atoms with Gasteiger partial charge in [0.05, 0.1) is 12.4 Å². The third-order valence-electron chi connectivity index (χ3n) is 4.59. The third-order valence-corrected chi connectivity index (χ3v) is 5.25. The van der Waals surface area contributed by atoms with Gasteiger partial charge in [-0.1, -0.05) is 30.3 Å². The zero-order chi connectivity index (χ0) is 16.6. The standard InChI is InChI=1S/C16H21NO5S/c1-11(22-23(2,19)20)15-13-8-17(9-14(13)15)16(18)21-10-12-6-4-3-5-7-12/h3-7,11,13-15H,8-10H2,1-2H3. The van der Waals surface area contributed by atoms with Gasteiger partial charge in [-0.3, -0.25) is 4.18 Å². The summed E-state index contributed by atoms with van der Waals surface area (Å²) in [5.41, 5.74) is 0.957. The molecule has 1 amide bonds. The van der Waals surface area contributed by atoms with E-state index in [9.17, 15) is 13.2 Å². The molecule has 3 unspecified atom stereocenters. The van der Waals surface area contributed by atoms with Gasteiger partial charge in [-0.25, -0.2) is 4.79 Å². The first-order chi connectivity index (χ1) is 10.8. The van der Waals surface area contributed by atoms with E-state index in [-0.39, 0.29) is 24.7 Å². The van der Waals surface area contributed by atoms with Crippen LogP contribution in [0, 0.1) is 17.8 Å². The second-order valence-corrected chi connectivity index (χ2v) is 7.96. The first-order valence-electron chi connectivity index (χ1n) is 7.69. The van der Waals surface area contributed by atoms with Crippen LogP contribution in [0.2, 0.25) is 0 Å². The van der Waals surface area contributed by atoms with Gasteiger partial charge >= 0.3 is 6.09 Å². The Hall–Kier alpha value is -1.60. The van der Waals surface area contributed by atoms with Gasteiger partial charge < -0.3 is 9.64 Å². The SMILES string of the molecule is CC(OS(C)(=O)=O)C1C2CN(C(=O)OCc3ccccc3)CC21. The normalized spacial score (nSPS) is 27.4. The zero-order valence-corrected chi connectivity index (χ0v) is 14.0. The summed E-state index contributed by atoms with van der Waals surface area (Å²) in [4.78, 5) is 13.8. The summed E-state index contributed by atoms with van der Waals surface area (Å²) in [6.07, 6.45) is 0.425. The molecule has 0 spiro atoms. The number of hydrogen-bond donors (Lipinski definition) is 0. The molecule has 3 atom stereocenters. The van der Waals surface area contributed by atoms with Gasteiger partial charge in [0, 0.05) is 13.1 Å². The van der Waals surface area contributed by atoms with E-state index < -0.39 is 10.1 Å². The summed E-state index contributed by atoms with van der Waals surface area (Å²) < 4.78 is 32.7. The number of amides is 1. The second-order valence-electron chi connectivity index (χ2n) is 6.36. The quantitative estimate of drug-likeness (QED) is 0.766. The van der Waals surface area contributed by atoms with E-state index in [4.69, 9.17) is 8.92 Å². The average Bonchev–Trinajstić information content (AvgIpc) is 2.99. The number of nitrogens with zero attached hydrogens (tertiary/aromatic N) is 1. The lowest BCUT2D eigenvalue weighted by molar-refractivity contribution is 0.0937. The lowest BCUT2D eigenvalue weighted by Crippen LogP contribution is -2.33. The number of fused-ring (bicyclic) bond motifs is 1. The first-order valence-corrected chi connectivity index (χ1v) is 9.50. The Morgan fingerprint density at radius 2 is 1.87 bits per heavy atom. The monoisotopic (exact) mass is 339 g/mol. The van der Waals surface area contributed by atoms with E-state index >= 15 is 0 Å². The molecule has 23 heavy (non-hydrogen) atoms. The van der Waals surface area contributed by atoms with E-state index in [1.165, 1.54) is 0 Å². The smallest absolute Gasteiger partial charge is 0.410 e. The molecule has 1 aliphatic heterocycles. The van der Waals surface area contributed by atoms with E-state index in [0.29, 0.717) is 24.9 Å². The molecule has 3 rings (SSSR count). The van der Waals surface area contributed by atoms with Crippen molar-refractivity contribution in [2.75, 3.05) is 19.3 Å². The maximum Gasteiger partial charge on any atom is 0.410 e. The molecule has 2 fully saturated rings. The van der Waals surface area contributed by atoms with Crippen molar-refractivity contribution in [2.45, 2.75) is 19.6 Å². The van der Waals surface area contributed by atoms with Gasteiger partial charge in [-0.15, -0.1) is 0 Å². The van der Waals surface area contributed by atoms with Crippen molar-refractivity contribution in [2.24, 2.45) is 17.8 Å². The van der Waals surface area contributed by atoms with E-state index in [0.717, 1.165) is 11.8 Å². The highest BCUT2D eigenvalue weighted by Crippen LogP contribution is 2.54. The Balaban J connectivity index is 1.45. The van der Waals surface area contributed by atoms with Gasteiger partial charge in [0.2, 0.25) is 0 Å². The number of piperidine rings is 1. The predicted molar refractivity (Wildman–Crippen MR) is 84.1 cm³/mol. The summed E-state index contributed by atoms with van der Waals surface area (Å²) in [5, 5.41) is 0. The molecule has 2 aliphatic rings. The fourth-order valence-corrected chi connectivity index (χ4v) is 4.25. The molecule has 0 radical (unpaired) electrons. The van der Waals surface area contributed by atoms with Gasteiger partial charge in [0.25, 0.3) is 10.1 Å². The highest BCUT2D eigenvalue weighted by Gasteiger charge is 2.59. The Bertz CT molecular complexity index is 663. The Kier molecular flexibility index (Phi) is 4.33. The van der Waals surface area contributed by atoms with Crippen molar-refractivity contribution >= 4 is 16.2 Å². The summed E-state index contributed by atoms with van der Waals surface area (Å²) in [6, 6.07) is 9.55. The van der Waals surface area contributed by atoms with E-state index in [2.05, 4.69) is 0 Å². The van der Waals surface area contributed by atoms with Crippen molar-refractivity contribution in [3.8, 4) is 0 Å². The summed E-state index contributed by atoms with van der Waals surface area (Å²) in [7, 11) is -3.43. The van der Waals surface area contributed by atoms with Crippen LogP contribution in [0.25, 0.3) is 0 Å². The summed E-state index contributed by atoms with van der Waals surface area (Å²) in [5.74, 6) is 0.843. The van der Waals surface area contributed by atoms with Crippen molar-refractivity contribution in [3.05, 3.63) is 35.9 Å². The lowest BCUT2D eigenvalue weighted by Gasteiger charge is -2.21. The fraction of sp³-hybridized carbons (Fsp3) is 0.562. The molecule has 126 valence electrons. The fourth-order valence-electron chi connectivity index (χ4n) is 3.57. The van der Waals surface area contributed by atoms with Crippen molar-refractivity contribution < 1.29 is 22.1 Å². The molecule has 1 aromatic rings. The maximum atomic E-state index is 12.1. The predicted octanol–water partition coefficient (Wildman–Crippen LogP) is 1.87. The number of carbonyl (C=O) groups is 1. The number of likely N-dealkylation sites (tertiary alicyclic amines) is 1. The van der Waals surface area contributed by atoms with Crippen LogP contribution in [-0.2, 0) is 25.6 Å². The molecule has 1 saturated carbocycles. The summed E-state index contributed by atoms with van der Waals surface area (Å²) in [6.45, 7) is 3.27. The molecule has 7 heteroatoms. The zero-order valence-electron chi connectivity index (χ0n) is 13.2. The van der Waals surface area contributed by atoms with E-state index in [1.807, 2.05) is 30.3 Å². The van der Waals surface area contributed by atoms with Gasteiger partial charge in [0.15, 0.2) is 0 Å². The largest absolute Gasteiger partial charge is 0.445 e. The van der Waals surface area contributed by atoms with Crippen LogP contribution >= 0.6 is 0 Å². The summed E-state index contributed by atoms with van der Waals surface area (Å²) >= 11 is 0. The van der Waals surface area contributed by atoms with Crippen LogP contribution < -0.4 is 0 Å². The highest BCUT2D eigenvalue weighted by atomic mass is 32.2. The minimum atomic E-state index is -3.43. The Labute approximate surface area is 136 Å². The molecular formula is C16H21NO5S. The van der Waals surface area contributed by atoms with E-state index in [1.54, 1.807) is 11.8 Å². The molecule has 0 bridgehead atoms. The molecule has 0 N–H and O–H groups in total. The highest BCUT2D eigenvalue weighted by molar-refractivity contribution is 7.86. The molecule has 1 saturated heterocycles. The third kappa shape index (κ3) is 3.84. The Morgan fingerprint density at radius 1 is 1.26 bits per heavy atom. The van der Waals surface area contributed by atoms with Crippen LogP contribution in [0.3, 0.4) is 0 Å². The first kappa shape index (κ1) is 16.3. The number of hydrogen-bond acceptors (Lipinski definition) is 5. The molecule has 0 aromatic heterocycles. The molecular weight excluding hydrogens is 318 g/mol. The molecule has 1 aliphatic carbocycles. The number of benzene rings is 1. The number of carbonyl (C=O) groups excluding carboxylic acids is 1. The van der Waals surface area contributed by atoms with Gasteiger partial charge in [0.1, 0.15) is 6.61 Å². The molecule has 1 heterocycles. The van der Waals surface area contributed by atoms with Crippen molar-refractivity contribution in [3.63, 3.8) is 0 Å². The lowest BCUT2D eigenvalue weighted by atomic mass is 10.2. The minimum absolute atomic E-state index is 0.211. The second kappa shape index (κ2) is 6.13. The van der Waals surface area contributed by atoms with Gasteiger partial charge in [-0.05, 0) is 30.2 Å². The van der Waals surface area contributed by atoms with Crippen LogP contribution in [0.1, 0.15) is 12.5 Å². The van der Waals surface area contributed by atoms with Crippen LogP contribution in [0.5, 0.6) is 0 Å². The average molecular weight is 339 g/mol. The van der Waals surface area contributed by atoms with Crippen LogP contribution in [0.4, 0.5) is 4.79 Å². The van der Waals surface area contributed by atoms with Crippen molar-refractivity contribution in [1.29, 1.82) is 0 Å². The molecule has 6 nitrogen and oxygen atoms in total. The van der Waals surface area contributed by atoms with Crippen LogP contribution in [-0.4, -0.2) is 44.9 Å².